The highest BCUT2D eigenvalue weighted by molar-refractivity contribution is 4.81. The van der Waals surface area contributed by atoms with E-state index in [4.69, 9.17) is 0 Å². The highest BCUT2D eigenvalue weighted by Gasteiger charge is 2.26. The molecule has 1 saturated heterocycles. The van der Waals surface area contributed by atoms with Gasteiger partial charge in [0.2, 0.25) is 0 Å². The summed E-state index contributed by atoms with van der Waals surface area (Å²) in [5.41, 5.74) is -0.555. The molecule has 1 aliphatic heterocycles. The van der Waals surface area contributed by atoms with E-state index in [2.05, 4.69) is 24.1 Å². The summed E-state index contributed by atoms with van der Waals surface area (Å²) in [5.74, 6) is 0.804. The molecule has 1 fully saturated rings. The first kappa shape index (κ1) is 13.9. The Hall–Kier alpha value is -0.120. The van der Waals surface area contributed by atoms with Crippen molar-refractivity contribution in [2.45, 2.75) is 52.2 Å². The quantitative estimate of drug-likeness (QED) is 0.748. The average Bonchev–Trinajstić information content (AvgIpc) is 2.16. The summed E-state index contributed by atoms with van der Waals surface area (Å²) in [7, 11) is 0. The number of rotatable bonds is 5. The Morgan fingerprint density at radius 1 is 1.38 bits per heavy atom. The van der Waals surface area contributed by atoms with Gasteiger partial charge in [-0.3, -0.25) is 0 Å². The fourth-order valence-electron chi connectivity index (χ4n) is 2.65. The number of piperidine rings is 1. The van der Waals surface area contributed by atoms with Crippen molar-refractivity contribution in [3.05, 3.63) is 0 Å². The Morgan fingerprint density at radius 2 is 1.94 bits per heavy atom. The van der Waals surface area contributed by atoms with Crippen LogP contribution in [0, 0.1) is 5.92 Å². The van der Waals surface area contributed by atoms with Crippen molar-refractivity contribution >= 4 is 0 Å². The van der Waals surface area contributed by atoms with Crippen LogP contribution in [-0.4, -0.2) is 47.8 Å². The molecule has 0 aliphatic carbocycles. The van der Waals surface area contributed by atoms with Gasteiger partial charge in [0.25, 0.3) is 0 Å². The van der Waals surface area contributed by atoms with Crippen molar-refractivity contribution in [2.75, 3.05) is 26.2 Å². The van der Waals surface area contributed by atoms with E-state index in [1.165, 1.54) is 12.8 Å². The molecule has 0 radical (unpaired) electrons. The summed E-state index contributed by atoms with van der Waals surface area (Å²) in [6, 6.07) is 0.634. The lowest BCUT2D eigenvalue weighted by Crippen LogP contribution is -2.46. The fraction of sp³-hybridized carbons (Fsp3) is 1.00. The van der Waals surface area contributed by atoms with E-state index in [9.17, 15) is 5.11 Å². The van der Waals surface area contributed by atoms with Crippen LogP contribution in [0.5, 0.6) is 0 Å². The summed E-state index contributed by atoms with van der Waals surface area (Å²) in [5, 5.41) is 13.3. The molecule has 0 aromatic rings. The smallest absolute Gasteiger partial charge is 0.0718 e. The molecule has 2 N–H and O–H groups in total. The highest BCUT2D eigenvalue weighted by Crippen LogP contribution is 2.21. The minimum absolute atomic E-state index is 0.555. The maximum atomic E-state index is 9.78. The molecule has 0 aromatic heterocycles. The molecular formula is C13H28N2O. The average molecular weight is 228 g/mol. The van der Waals surface area contributed by atoms with Gasteiger partial charge < -0.3 is 15.3 Å². The van der Waals surface area contributed by atoms with Crippen molar-refractivity contribution in [3.63, 3.8) is 0 Å². The lowest BCUT2D eigenvalue weighted by Gasteiger charge is -2.37. The van der Waals surface area contributed by atoms with Crippen LogP contribution in [0.3, 0.4) is 0 Å². The van der Waals surface area contributed by atoms with Crippen molar-refractivity contribution in [2.24, 2.45) is 5.92 Å². The standard InChI is InChI=1S/C13H28N2O/c1-5-14-11(2)12-6-8-15(9-7-12)10-13(3,4)16/h11-12,14,16H,5-10H2,1-4H3. The van der Waals surface area contributed by atoms with Crippen molar-refractivity contribution in [1.82, 2.24) is 10.2 Å². The zero-order valence-corrected chi connectivity index (χ0v) is 11.3. The van der Waals surface area contributed by atoms with Gasteiger partial charge in [0.05, 0.1) is 5.60 Å². The molecular weight excluding hydrogens is 200 g/mol. The molecule has 0 amide bonds. The van der Waals surface area contributed by atoms with Crippen molar-refractivity contribution in [1.29, 1.82) is 0 Å². The fourth-order valence-corrected chi connectivity index (χ4v) is 2.65. The van der Waals surface area contributed by atoms with E-state index in [-0.39, 0.29) is 0 Å². The molecule has 1 heterocycles. The van der Waals surface area contributed by atoms with Crippen LogP contribution in [-0.2, 0) is 0 Å². The van der Waals surface area contributed by atoms with Crippen LogP contribution >= 0.6 is 0 Å². The normalized spacial score (nSPS) is 22.3. The third-order valence-electron chi connectivity index (χ3n) is 3.48. The SMILES string of the molecule is CCNC(C)C1CCN(CC(C)(C)O)CC1. The molecule has 1 aliphatic rings. The summed E-state index contributed by atoms with van der Waals surface area (Å²) < 4.78 is 0. The van der Waals surface area contributed by atoms with Crippen LogP contribution in [0.4, 0.5) is 0 Å². The first-order valence-corrected chi connectivity index (χ1v) is 6.60. The van der Waals surface area contributed by atoms with Crippen LogP contribution < -0.4 is 5.32 Å². The number of likely N-dealkylation sites (tertiary alicyclic amines) is 1. The van der Waals surface area contributed by atoms with E-state index in [0.717, 1.165) is 32.1 Å². The van der Waals surface area contributed by atoms with Gasteiger partial charge in [-0.2, -0.15) is 0 Å². The Labute approximate surface area is 100 Å². The summed E-state index contributed by atoms with van der Waals surface area (Å²) in [6.45, 7) is 12.4. The number of nitrogens with zero attached hydrogens (tertiary/aromatic N) is 1. The molecule has 1 atom stereocenters. The molecule has 16 heavy (non-hydrogen) atoms. The van der Waals surface area contributed by atoms with Gasteiger partial charge in [0, 0.05) is 12.6 Å². The minimum Gasteiger partial charge on any atom is -0.389 e. The van der Waals surface area contributed by atoms with E-state index in [1.807, 2.05) is 13.8 Å². The number of hydrogen-bond acceptors (Lipinski definition) is 3. The maximum Gasteiger partial charge on any atom is 0.0718 e. The second-order valence-electron chi connectivity index (χ2n) is 5.77. The first-order chi connectivity index (χ1) is 7.42. The molecule has 0 aromatic carbocycles. The van der Waals surface area contributed by atoms with E-state index < -0.39 is 5.60 Å². The molecule has 3 nitrogen and oxygen atoms in total. The molecule has 0 spiro atoms. The zero-order valence-electron chi connectivity index (χ0n) is 11.3. The first-order valence-electron chi connectivity index (χ1n) is 6.60. The number of aliphatic hydroxyl groups is 1. The van der Waals surface area contributed by atoms with Crippen LogP contribution in [0.2, 0.25) is 0 Å². The summed E-state index contributed by atoms with van der Waals surface area (Å²) >= 11 is 0. The van der Waals surface area contributed by atoms with Gasteiger partial charge in [-0.05, 0) is 59.2 Å². The van der Waals surface area contributed by atoms with Crippen molar-refractivity contribution in [3.8, 4) is 0 Å². The molecule has 1 unspecified atom stereocenters. The van der Waals surface area contributed by atoms with Gasteiger partial charge in [-0.15, -0.1) is 0 Å². The molecule has 1 rings (SSSR count). The third-order valence-corrected chi connectivity index (χ3v) is 3.48. The van der Waals surface area contributed by atoms with Gasteiger partial charge in [-0.1, -0.05) is 6.92 Å². The molecule has 0 saturated carbocycles. The predicted octanol–water partition coefficient (Wildman–Crippen LogP) is 1.47. The van der Waals surface area contributed by atoms with Crippen LogP contribution in [0.15, 0.2) is 0 Å². The van der Waals surface area contributed by atoms with Crippen molar-refractivity contribution < 1.29 is 5.11 Å². The molecule has 96 valence electrons. The number of β-amino-alcohol motifs (C(OH)–C–C–N with tert-alkyl or cyclic N) is 1. The van der Waals surface area contributed by atoms with E-state index in [0.29, 0.717) is 6.04 Å². The Balaban J connectivity index is 2.28. The van der Waals surface area contributed by atoms with Gasteiger partial charge in [0.15, 0.2) is 0 Å². The van der Waals surface area contributed by atoms with Gasteiger partial charge in [0.1, 0.15) is 0 Å². The zero-order chi connectivity index (χ0) is 12.2. The Morgan fingerprint density at radius 3 is 2.38 bits per heavy atom. The Bertz CT molecular complexity index is 193. The Kier molecular flexibility index (Phi) is 5.22. The van der Waals surface area contributed by atoms with Crippen LogP contribution in [0.1, 0.15) is 40.5 Å². The molecule has 0 bridgehead atoms. The summed E-state index contributed by atoms with van der Waals surface area (Å²) in [4.78, 5) is 2.38. The minimum atomic E-state index is -0.555. The topological polar surface area (TPSA) is 35.5 Å². The van der Waals surface area contributed by atoms with E-state index >= 15 is 0 Å². The van der Waals surface area contributed by atoms with Crippen LogP contribution in [0.25, 0.3) is 0 Å². The second-order valence-corrected chi connectivity index (χ2v) is 5.77. The number of nitrogens with one attached hydrogen (secondary N) is 1. The summed E-state index contributed by atoms with van der Waals surface area (Å²) in [6.07, 6.45) is 2.51. The predicted molar refractivity (Wildman–Crippen MR) is 68.6 cm³/mol. The number of hydrogen-bond donors (Lipinski definition) is 2. The second kappa shape index (κ2) is 5.99. The third kappa shape index (κ3) is 4.81. The maximum absolute atomic E-state index is 9.78. The highest BCUT2D eigenvalue weighted by atomic mass is 16.3. The van der Waals surface area contributed by atoms with E-state index in [1.54, 1.807) is 0 Å². The van der Waals surface area contributed by atoms with Gasteiger partial charge in [-0.25, -0.2) is 0 Å². The lowest BCUT2D eigenvalue weighted by atomic mass is 9.90. The largest absolute Gasteiger partial charge is 0.389 e. The van der Waals surface area contributed by atoms with Gasteiger partial charge >= 0.3 is 0 Å². The monoisotopic (exact) mass is 228 g/mol. The molecule has 3 heteroatoms. The lowest BCUT2D eigenvalue weighted by molar-refractivity contribution is 0.0224.